The Bertz CT molecular complexity index is 540. The Labute approximate surface area is 123 Å². The largest absolute Gasteiger partial charge is 0.480 e. The molecule has 0 radical (unpaired) electrons. The van der Waals surface area contributed by atoms with Gasteiger partial charge in [0.05, 0.1) is 17.9 Å². The standard InChI is InChI=1S/C14H21N3O4/c1-3-5-17-9(2)11(8-15-17)13(19)16-6-4-10(18)7-12(16)14(20)21/h8,10,12,18H,3-7H2,1-2H3,(H,20,21)/t10-,12+/m1/s1. The highest BCUT2D eigenvalue weighted by Crippen LogP contribution is 2.21. The molecule has 116 valence electrons. The lowest BCUT2D eigenvalue weighted by Gasteiger charge is -2.35. The lowest BCUT2D eigenvalue weighted by atomic mass is 9.98. The number of aliphatic carboxylic acids is 1. The monoisotopic (exact) mass is 295 g/mol. The molecule has 1 aromatic rings. The van der Waals surface area contributed by atoms with E-state index in [2.05, 4.69) is 5.10 Å². The van der Waals surface area contributed by atoms with Crippen molar-refractivity contribution in [2.45, 2.75) is 51.8 Å². The molecule has 2 rings (SSSR count). The first-order valence-electron chi connectivity index (χ1n) is 7.20. The van der Waals surface area contributed by atoms with Crippen LogP contribution in [0.15, 0.2) is 6.20 Å². The summed E-state index contributed by atoms with van der Waals surface area (Å²) in [7, 11) is 0. The molecule has 1 amide bonds. The number of amides is 1. The van der Waals surface area contributed by atoms with Crippen molar-refractivity contribution in [1.82, 2.24) is 14.7 Å². The van der Waals surface area contributed by atoms with Gasteiger partial charge in [0.2, 0.25) is 0 Å². The van der Waals surface area contributed by atoms with Crippen molar-refractivity contribution in [3.05, 3.63) is 17.5 Å². The first kappa shape index (κ1) is 15.5. The van der Waals surface area contributed by atoms with Gasteiger partial charge in [-0.2, -0.15) is 5.10 Å². The summed E-state index contributed by atoms with van der Waals surface area (Å²) >= 11 is 0. The number of carbonyl (C=O) groups is 2. The minimum absolute atomic E-state index is 0.0726. The van der Waals surface area contributed by atoms with Crippen molar-refractivity contribution < 1.29 is 19.8 Å². The van der Waals surface area contributed by atoms with Gasteiger partial charge in [0, 0.05) is 25.2 Å². The number of hydrogen-bond acceptors (Lipinski definition) is 4. The van der Waals surface area contributed by atoms with E-state index in [0.29, 0.717) is 12.0 Å². The van der Waals surface area contributed by atoms with E-state index < -0.39 is 18.1 Å². The second-order valence-corrected chi connectivity index (χ2v) is 5.40. The number of aliphatic hydroxyl groups excluding tert-OH is 1. The molecule has 0 saturated carbocycles. The highest BCUT2D eigenvalue weighted by Gasteiger charge is 2.36. The number of carbonyl (C=O) groups excluding carboxylic acids is 1. The number of carboxylic acid groups (broad SMARTS) is 1. The Hall–Kier alpha value is -1.89. The smallest absolute Gasteiger partial charge is 0.326 e. The van der Waals surface area contributed by atoms with Gasteiger partial charge >= 0.3 is 5.97 Å². The van der Waals surface area contributed by atoms with Gasteiger partial charge in [-0.25, -0.2) is 4.79 Å². The van der Waals surface area contributed by atoms with Crippen molar-refractivity contribution >= 4 is 11.9 Å². The van der Waals surface area contributed by atoms with Gasteiger partial charge in [-0.3, -0.25) is 9.48 Å². The van der Waals surface area contributed by atoms with Gasteiger partial charge in [-0.1, -0.05) is 6.92 Å². The number of aryl methyl sites for hydroxylation is 1. The molecule has 1 aromatic heterocycles. The van der Waals surface area contributed by atoms with Crippen LogP contribution in [-0.4, -0.2) is 55.5 Å². The molecule has 0 unspecified atom stereocenters. The summed E-state index contributed by atoms with van der Waals surface area (Å²) in [5.41, 5.74) is 1.18. The Balaban J connectivity index is 2.23. The quantitative estimate of drug-likeness (QED) is 0.850. The Morgan fingerprint density at radius 2 is 2.19 bits per heavy atom. The van der Waals surface area contributed by atoms with Crippen molar-refractivity contribution in [3.8, 4) is 0 Å². The highest BCUT2D eigenvalue weighted by molar-refractivity contribution is 5.97. The molecule has 7 heteroatoms. The molecule has 1 aliphatic heterocycles. The van der Waals surface area contributed by atoms with Gasteiger partial charge in [0.15, 0.2) is 0 Å². The summed E-state index contributed by atoms with van der Waals surface area (Å²) < 4.78 is 1.75. The molecule has 1 fully saturated rings. The van der Waals surface area contributed by atoms with E-state index in [4.69, 9.17) is 0 Å². The molecule has 7 nitrogen and oxygen atoms in total. The maximum atomic E-state index is 12.6. The van der Waals surface area contributed by atoms with Crippen LogP contribution >= 0.6 is 0 Å². The molecular weight excluding hydrogens is 274 g/mol. The minimum Gasteiger partial charge on any atom is -0.480 e. The number of piperidine rings is 1. The normalized spacial score (nSPS) is 22.3. The summed E-state index contributed by atoms with van der Waals surface area (Å²) in [6.07, 6.45) is 2.21. The zero-order valence-electron chi connectivity index (χ0n) is 12.3. The molecule has 2 N–H and O–H groups in total. The molecule has 0 aromatic carbocycles. The van der Waals surface area contributed by atoms with Crippen LogP contribution in [0.3, 0.4) is 0 Å². The van der Waals surface area contributed by atoms with E-state index in [1.165, 1.54) is 11.1 Å². The second-order valence-electron chi connectivity index (χ2n) is 5.40. The number of aliphatic hydroxyl groups is 1. The molecule has 0 bridgehead atoms. The molecule has 2 heterocycles. The molecular formula is C14H21N3O4. The van der Waals surface area contributed by atoms with Crippen LogP contribution in [0.2, 0.25) is 0 Å². The van der Waals surface area contributed by atoms with E-state index in [0.717, 1.165) is 18.7 Å². The average Bonchev–Trinajstić information content (AvgIpc) is 2.80. The van der Waals surface area contributed by atoms with Crippen molar-refractivity contribution in [2.24, 2.45) is 0 Å². The van der Waals surface area contributed by atoms with Crippen molar-refractivity contribution in [3.63, 3.8) is 0 Å². The first-order chi connectivity index (χ1) is 9.95. The summed E-state index contributed by atoms with van der Waals surface area (Å²) in [5, 5.41) is 23.0. The van der Waals surface area contributed by atoms with Gasteiger partial charge in [0.25, 0.3) is 5.91 Å². The fourth-order valence-electron chi connectivity index (χ4n) is 2.67. The molecule has 0 spiro atoms. The lowest BCUT2D eigenvalue weighted by Crippen LogP contribution is -2.51. The average molecular weight is 295 g/mol. The number of likely N-dealkylation sites (tertiary alicyclic amines) is 1. The van der Waals surface area contributed by atoms with Gasteiger partial charge < -0.3 is 15.1 Å². The highest BCUT2D eigenvalue weighted by atomic mass is 16.4. The van der Waals surface area contributed by atoms with E-state index in [9.17, 15) is 19.8 Å². The van der Waals surface area contributed by atoms with E-state index >= 15 is 0 Å². The van der Waals surface area contributed by atoms with Crippen LogP contribution < -0.4 is 0 Å². The van der Waals surface area contributed by atoms with Crippen LogP contribution in [0.1, 0.15) is 42.2 Å². The van der Waals surface area contributed by atoms with Crippen LogP contribution in [0.4, 0.5) is 0 Å². The number of carboxylic acids is 1. The van der Waals surface area contributed by atoms with Crippen LogP contribution in [0.25, 0.3) is 0 Å². The Morgan fingerprint density at radius 3 is 2.81 bits per heavy atom. The zero-order chi connectivity index (χ0) is 15.6. The molecule has 2 atom stereocenters. The number of aromatic nitrogens is 2. The Kier molecular flexibility index (Phi) is 4.62. The topological polar surface area (TPSA) is 95.7 Å². The molecule has 0 aliphatic carbocycles. The number of nitrogens with zero attached hydrogens (tertiary/aromatic N) is 3. The summed E-state index contributed by atoms with van der Waals surface area (Å²) in [4.78, 5) is 25.2. The fourth-order valence-corrected chi connectivity index (χ4v) is 2.67. The minimum atomic E-state index is -1.08. The molecule has 1 aliphatic rings. The third-order valence-electron chi connectivity index (χ3n) is 3.89. The zero-order valence-corrected chi connectivity index (χ0v) is 12.3. The number of rotatable bonds is 4. The van der Waals surface area contributed by atoms with Crippen LogP contribution in [-0.2, 0) is 11.3 Å². The summed E-state index contributed by atoms with van der Waals surface area (Å²) in [6, 6.07) is -0.977. The van der Waals surface area contributed by atoms with Gasteiger partial charge in [-0.15, -0.1) is 0 Å². The van der Waals surface area contributed by atoms with E-state index in [1.807, 2.05) is 13.8 Å². The predicted octanol–water partition coefficient (Wildman–Crippen LogP) is 0.652. The fraction of sp³-hybridized carbons (Fsp3) is 0.643. The predicted molar refractivity (Wildman–Crippen MR) is 75.0 cm³/mol. The van der Waals surface area contributed by atoms with Gasteiger partial charge in [-0.05, 0) is 19.8 Å². The molecule has 1 saturated heterocycles. The maximum absolute atomic E-state index is 12.6. The second kappa shape index (κ2) is 6.26. The molecule has 21 heavy (non-hydrogen) atoms. The van der Waals surface area contributed by atoms with Gasteiger partial charge in [0.1, 0.15) is 6.04 Å². The van der Waals surface area contributed by atoms with Crippen LogP contribution in [0.5, 0.6) is 0 Å². The maximum Gasteiger partial charge on any atom is 0.326 e. The SMILES string of the molecule is CCCn1ncc(C(=O)N2CC[C@@H](O)C[C@H]2C(=O)O)c1C. The van der Waals surface area contributed by atoms with E-state index in [1.54, 1.807) is 4.68 Å². The Morgan fingerprint density at radius 1 is 1.48 bits per heavy atom. The van der Waals surface area contributed by atoms with Crippen molar-refractivity contribution in [1.29, 1.82) is 0 Å². The summed E-state index contributed by atoms with van der Waals surface area (Å²) in [5.74, 6) is -1.41. The number of hydrogen-bond donors (Lipinski definition) is 2. The third kappa shape index (κ3) is 3.07. The van der Waals surface area contributed by atoms with Crippen molar-refractivity contribution in [2.75, 3.05) is 6.54 Å². The first-order valence-corrected chi connectivity index (χ1v) is 7.20. The van der Waals surface area contributed by atoms with E-state index in [-0.39, 0.29) is 18.9 Å². The summed E-state index contributed by atoms with van der Waals surface area (Å²) in [6.45, 7) is 4.80. The van der Waals surface area contributed by atoms with Crippen LogP contribution in [0, 0.1) is 6.92 Å². The lowest BCUT2D eigenvalue weighted by molar-refractivity contribution is -0.145. The third-order valence-corrected chi connectivity index (χ3v) is 3.89.